The summed E-state index contributed by atoms with van der Waals surface area (Å²) in [7, 11) is 0. The molecule has 0 atom stereocenters. The Balaban J connectivity index is 2.16. The van der Waals surface area contributed by atoms with E-state index in [4.69, 9.17) is 16.3 Å². The lowest BCUT2D eigenvalue weighted by atomic mass is 10.1. The molecule has 0 aromatic heterocycles. The predicted molar refractivity (Wildman–Crippen MR) is 76.0 cm³/mol. The maximum atomic E-state index is 11.8. The number of hydrogen-bond donors (Lipinski definition) is 1. The maximum absolute atomic E-state index is 11.8. The normalized spacial score (nSPS) is 13.1. The minimum Gasteiger partial charge on any atom is -0.488 e. The summed E-state index contributed by atoms with van der Waals surface area (Å²) < 4.78 is 6.22. The number of hydrogen-bond acceptors (Lipinski definition) is 2. The quantitative estimate of drug-likeness (QED) is 0.926. The van der Waals surface area contributed by atoms with Crippen LogP contribution >= 0.6 is 27.5 Å². The van der Waals surface area contributed by atoms with E-state index in [1.54, 1.807) is 24.3 Å². The van der Waals surface area contributed by atoms with Crippen molar-refractivity contribution in [3.63, 3.8) is 0 Å². The smallest absolute Gasteiger partial charge is 0.250 e. The van der Waals surface area contributed by atoms with Gasteiger partial charge in [-0.1, -0.05) is 34.1 Å². The van der Waals surface area contributed by atoms with Gasteiger partial charge in [-0.05, 0) is 24.3 Å². The lowest BCUT2D eigenvalue weighted by Crippen LogP contribution is -2.29. The largest absolute Gasteiger partial charge is 0.488 e. The number of nitrogens with one attached hydrogen (secondary N) is 1. The lowest BCUT2D eigenvalue weighted by molar-refractivity contribution is -0.117. The second-order valence-corrected chi connectivity index (χ2v) is 5.40. The van der Waals surface area contributed by atoms with E-state index in [-0.39, 0.29) is 12.5 Å². The van der Waals surface area contributed by atoms with Crippen molar-refractivity contribution in [3.8, 4) is 5.75 Å². The molecule has 0 unspecified atom stereocenters. The molecule has 1 aromatic rings. The molecule has 1 amide bonds. The molecule has 94 valence electrons. The number of carbonyl (C=O) groups excluding carboxylic acids is 1. The highest BCUT2D eigenvalue weighted by atomic mass is 79.9. The van der Waals surface area contributed by atoms with Crippen molar-refractivity contribution in [2.24, 2.45) is 0 Å². The molecule has 0 saturated carbocycles. The van der Waals surface area contributed by atoms with Crippen LogP contribution in [0.25, 0.3) is 6.08 Å². The van der Waals surface area contributed by atoms with Crippen LogP contribution in [0.4, 0.5) is 0 Å². The summed E-state index contributed by atoms with van der Waals surface area (Å²) in [5.74, 6) is 0.571. The number of rotatable bonds is 3. The number of amides is 1. The van der Waals surface area contributed by atoms with E-state index in [1.165, 1.54) is 0 Å². The molecule has 0 spiro atoms. The number of ether oxygens (including phenoxy) is 1. The molecule has 1 aromatic carbocycles. The molecule has 0 aliphatic carbocycles. The fraction of sp³-hybridized carbons (Fsp3) is 0.154. The van der Waals surface area contributed by atoms with Gasteiger partial charge in [-0.25, -0.2) is 0 Å². The summed E-state index contributed by atoms with van der Waals surface area (Å²) in [5, 5.41) is 3.35. The summed E-state index contributed by atoms with van der Waals surface area (Å²) in [6.45, 7) is 4.30. The van der Waals surface area contributed by atoms with Crippen molar-refractivity contribution in [3.05, 3.63) is 45.4 Å². The molecular weight excluding hydrogens is 318 g/mol. The highest BCUT2D eigenvalue weighted by Crippen LogP contribution is 2.28. The van der Waals surface area contributed by atoms with Gasteiger partial charge in [0, 0.05) is 21.6 Å². The van der Waals surface area contributed by atoms with Gasteiger partial charge < -0.3 is 10.1 Å². The van der Waals surface area contributed by atoms with E-state index in [2.05, 4.69) is 27.8 Å². The Hall–Kier alpha value is -1.26. The molecule has 1 heterocycles. The summed E-state index contributed by atoms with van der Waals surface area (Å²) in [4.78, 5) is 11.8. The number of benzene rings is 1. The number of halogens is 2. The molecule has 0 radical (unpaired) electrons. The topological polar surface area (TPSA) is 38.3 Å². The molecule has 5 heteroatoms. The van der Waals surface area contributed by atoms with Crippen LogP contribution in [0.3, 0.4) is 0 Å². The highest BCUT2D eigenvalue weighted by Gasteiger charge is 2.17. The summed E-state index contributed by atoms with van der Waals surface area (Å²) >= 11 is 9.09. The van der Waals surface area contributed by atoms with Gasteiger partial charge in [0.2, 0.25) is 0 Å². The van der Waals surface area contributed by atoms with Gasteiger partial charge in [0.25, 0.3) is 5.91 Å². The Kier molecular flexibility index (Phi) is 4.09. The van der Waals surface area contributed by atoms with Crippen LogP contribution in [-0.4, -0.2) is 19.1 Å². The molecule has 2 rings (SSSR count). The van der Waals surface area contributed by atoms with Gasteiger partial charge in [-0.3, -0.25) is 4.79 Å². The fourth-order valence-electron chi connectivity index (χ4n) is 1.57. The third-order valence-electron chi connectivity index (χ3n) is 2.42. The molecule has 3 nitrogen and oxygen atoms in total. The van der Waals surface area contributed by atoms with Gasteiger partial charge in [-0.2, -0.15) is 0 Å². The second-order valence-electron chi connectivity index (χ2n) is 3.84. The first-order valence-corrected chi connectivity index (χ1v) is 6.48. The average molecular weight is 329 g/mol. The van der Waals surface area contributed by atoms with Crippen molar-refractivity contribution >= 4 is 39.5 Å². The first kappa shape index (κ1) is 13.2. The third-order valence-corrected chi connectivity index (χ3v) is 2.93. The van der Waals surface area contributed by atoms with Crippen molar-refractivity contribution in [1.82, 2.24) is 5.32 Å². The molecule has 1 aliphatic heterocycles. The predicted octanol–water partition coefficient (Wildman–Crippen LogP) is 3.14. The molecule has 18 heavy (non-hydrogen) atoms. The van der Waals surface area contributed by atoms with Crippen molar-refractivity contribution in [1.29, 1.82) is 0 Å². The van der Waals surface area contributed by atoms with Crippen LogP contribution in [0.15, 0.2) is 34.8 Å². The number of fused-ring (bicyclic) bond motifs is 1. The minimum atomic E-state index is -0.166. The average Bonchev–Trinajstić information content (AvgIpc) is 2.34. The van der Waals surface area contributed by atoms with Crippen LogP contribution in [0.1, 0.15) is 5.56 Å². The monoisotopic (exact) mass is 327 g/mol. The van der Waals surface area contributed by atoms with Gasteiger partial charge in [0.1, 0.15) is 12.4 Å². The zero-order valence-corrected chi connectivity index (χ0v) is 11.8. The van der Waals surface area contributed by atoms with E-state index < -0.39 is 0 Å². The molecule has 1 N–H and O–H groups in total. The first-order chi connectivity index (χ1) is 8.56. The Morgan fingerprint density at radius 2 is 2.33 bits per heavy atom. The molecule has 1 aliphatic rings. The van der Waals surface area contributed by atoms with E-state index in [0.717, 1.165) is 15.8 Å². The van der Waals surface area contributed by atoms with Gasteiger partial charge in [0.05, 0.1) is 5.57 Å². The molecular formula is C13H11BrClNO2. The zero-order valence-electron chi connectivity index (χ0n) is 9.50. The van der Waals surface area contributed by atoms with Crippen LogP contribution in [0, 0.1) is 0 Å². The summed E-state index contributed by atoms with van der Waals surface area (Å²) in [6, 6.07) is 5.32. The Morgan fingerprint density at radius 1 is 1.56 bits per heavy atom. The van der Waals surface area contributed by atoms with E-state index in [1.807, 2.05) is 0 Å². The lowest BCUT2D eigenvalue weighted by Gasteiger charge is -2.17. The van der Waals surface area contributed by atoms with Crippen molar-refractivity contribution in [2.45, 2.75) is 0 Å². The number of carbonyl (C=O) groups is 1. The van der Waals surface area contributed by atoms with E-state index in [0.29, 0.717) is 17.1 Å². The zero-order chi connectivity index (χ0) is 13.1. The Morgan fingerprint density at radius 3 is 3.06 bits per heavy atom. The van der Waals surface area contributed by atoms with Crippen LogP contribution in [0.5, 0.6) is 5.75 Å². The molecule has 0 bridgehead atoms. The summed E-state index contributed by atoms with van der Waals surface area (Å²) in [6.07, 6.45) is 1.79. The van der Waals surface area contributed by atoms with Crippen molar-refractivity contribution in [2.75, 3.05) is 13.2 Å². The first-order valence-electron chi connectivity index (χ1n) is 5.30. The van der Waals surface area contributed by atoms with E-state index in [9.17, 15) is 4.79 Å². The van der Waals surface area contributed by atoms with Crippen molar-refractivity contribution < 1.29 is 9.53 Å². The summed E-state index contributed by atoms with van der Waals surface area (Å²) in [5.41, 5.74) is 1.38. The standard InChI is InChI=1S/C13H11BrClNO2/c1-8(14)6-16-13(17)10-4-9-5-11(15)2-3-12(9)18-7-10/h2-5H,1,6-7H2,(H,16,17). The Labute approximate surface area is 119 Å². The van der Waals surface area contributed by atoms with Crippen LogP contribution in [-0.2, 0) is 4.79 Å². The Bertz CT molecular complexity index is 540. The molecule has 0 saturated heterocycles. The van der Waals surface area contributed by atoms with Gasteiger partial charge in [0.15, 0.2) is 0 Å². The van der Waals surface area contributed by atoms with E-state index >= 15 is 0 Å². The third kappa shape index (κ3) is 3.15. The van der Waals surface area contributed by atoms with Gasteiger partial charge >= 0.3 is 0 Å². The van der Waals surface area contributed by atoms with Gasteiger partial charge in [-0.15, -0.1) is 0 Å². The minimum absolute atomic E-state index is 0.166. The highest BCUT2D eigenvalue weighted by molar-refractivity contribution is 9.11. The van der Waals surface area contributed by atoms with Crippen LogP contribution < -0.4 is 10.1 Å². The fourth-order valence-corrected chi connectivity index (χ4v) is 1.89. The van der Waals surface area contributed by atoms with Crippen LogP contribution in [0.2, 0.25) is 5.02 Å². The second kappa shape index (κ2) is 5.59. The molecule has 0 fully saturated rings. The SMILES string of the molecule is C=C(Br)CNC(=O)C1=Cc2cc(Cl)ccc2OC1. The maximum Gasteiger partial charge on any atom is 0.250 e.